The van der Waals surface area contributed by atoms with Gasteiger partial charge >= 0.3 is 0 Å². The van der Waals surface area contributed by atoms with E-state index in [4.69, 9.17) is 17.3 Å². The summed E-state index contributed by atoms with van der Waals surface area (Å²) in [7, 11) is 0. The summed E-state index contributed by atoms with van der Waals surface area (Å²) in [6.07, 6.45) is 0.898. The van der Waals surface area contributed by atoms with Crippen LogP contribution in [0.5, 0.6) is 0 Å². The van der Waals surface area contributed by atoms with Crippen molar-refractivity contribution in [1.29, 1.82) is 0 Å². The van der Waals surface area contributed by atoms with Crippen LogP contribution in [0.15, 0.2) is 36.4 Å². The predicted octanol–water partition coefficient (Wildman–Crippen LogP) is 4.13. The number of hydrogen-bond acceptors (Lipinski definition) is 1. The predicted molar refractivity (Wildman–Crippen MR) is 74.6 cm³/mol. The van der Waals surface area contributed by atoms with Crippen LogP contribution >= 0.6 is 11.6 Å². The molecule has 0 aromatic heterocycles. The molecule has 17 heavy (non-hydrogen) atoms. The van der Waals surface area contributed by atoms with Crippen LogP contribution in [0.4, 0.5) is 5.69 Å². The quantitative estimate of drug-likeness (QED) is 0.791. The Morgan fingerprint density at radius 3 is 2.53 bits per heavy atom. The summed E-state index contributed by atoms with van der Waals surface area (Å²) in [4.78, 5) is 0. The highest BCUT2D eigenvalue weighted by molar-refractivity contribution is 6.33. The average molecular weight is 246 g/mol. The lowest BCUT2D eigenvalue weighted by Gasteiger charge is -2.08. The van der Waals surface area contributed by atoms with E-state index in [0.717, 1.165) is 6.42 Å². The van der Waals surface area contributed by atoms with E-state index in [9.17, 15) is 0 Å². The number of benzene rings is 2. The van der Waals surface area contributed by atoms with Crippen molar-refractivity contribution in [1.82, 2.24) is 0 Å². The fraction of sp³-hybridized carbons (Fsp3) is 0.200. The number of halogens is 1. The van der Waals surface area contributed by atoms with Crippen LogP contribution in [0.25, 0.3) is 0 Å². The molecule has 88 valence electrons. The van der Waals surface area contributed by atoms with Gasteiger partial charge in [0.2, 0.25) is 0 Å². The third-order valence-corrected chi connectivity index (χ3v) is 3.30. The standard InChI is InChI=1S/C15H16ClN/c1-10-3-4-11(2)13(7-10)8-12-5-6-14(16)15(17)9-12/h3-7,9H,8,17H2,1-2H3. The fourth-order valence-corrected chi connectivity index (χ4v) is 2.03. The van der Waals surface area contributed by atoms with Crippen molar-refractivity contribution in [3.05, 3.63) is 63.7 Å². The van der Waals surface area contributed by atoms with Crippen LogP contribution in [0.1, 0.15) is 22.3 Å². The molecule has 2 aromatic carbocycles. The van der Waals surface area contributed by atoms with Gasteiger partial charge in [-0.3, -0.25) is 0 Å². The molecule has 0 unspecified atom stereocenters. The van der Waals surface area contributed by atoms with Crippen LogP contribution in [0, 0.1) is 13.8 Å². The summed E-state index contributed by atoms with van der Waals surface area (Å²) in [6.45, 7) is 4.24. The summed E-state index contributed by atoms with van der Waals surface area (Å²) in [5.74, 6) is 0. The van der Waals surface area contributed by atoms with Crippen molar-refractivity contribution in [3.8, 4) is 0 Å². The highest BCUT2D eigenvalue weighted by atomic mass is 35.5. The molecule has 0 aliphatic heterocycles. The molecule has 0 aliphatic rings. The lowest BCUT2D eigenvalue weighted by Crippen LogP contribution is -1.95. The molecule has 0 amide bonds. The number of nitrogens with two attached hydrogens (primary N) is 1. The highest BCUT2D eigenvalue weighted by Gasteiger charge is 2.03. The molecule has 0 aliphatic carbocycles. The first-order valence-corrected chi connectivity index (χ1v) is 6.04. The fourth-order valence-electron chi connectivity index (χ4n) is 1.91. The molecule has 2 N–H and O–H groups in total. The molecule has 0 saturated carbocycles. The van der Waals surface area contributed by atoms with Gasteiger partial charge in [-0.05, 0) is 49.1 Å². The van der Waals surface area contributed by atoms with Gasteiger partial charge in [-0.15, -0.1) is 0 Å². The average Bonchev–Trinajstić information content (AvgIpc) is 2.29. The van der Waals surface area contributed by atoms with Gasteiger partial charge in [0.15, 0.2) is 0 Å². The van der Waals surface area contributed by atoms with E-state index in [1.807, 2.05) is 18.2 Å². The third-order valence-electron chi connectivity index (χ3n) is 2.96. The van der Waals surface area contributed by atoms with E-state index in [-0.39, 0.29) is 0 Å². The molecule has 0 heterocycles. The second-order valence-electron chi connectivity index (χ2n) is 4.46. The summed E-state index contributed by atoms with van der Waals surface area (Å²) in [6, 6.07) is 12.3. The van der Waals surface area contributed by atoms with Crippen LogP contribution in [0.3, 0.4) is 0 Å². The first kappa shape index (κ1) is 12.0. The SMILES string of the molecule is Cc1ccc(C)c(Cc2ccc(Cl)c(N)c2)c1. The van der Waals surface area contributed by atoms with Crippen LogP contribution < -0.4 is 5.73 Å². The van der Waals surface area contributed by atoms with Crippen molar-refractivity contribution < 1.29 is 0 Å². The van der Waals surface area contributed by atoms with Crippen molar-refractivity contribution in [2.75, 3.05) is 5.73 Å². The Labute approximate surface area is 107 Å². The minimum atomic E-state index is 0.620. The lowest BCUT2D eigenvalue weighted by atomic mass is 9.98. The van der Waals surface area contributed by atoms with Crippen molar-refractivity contribution in [3.63, 3.8) is 0 Å². The maximum Gasteiger partial charge on any atom is 0.0635 e. The van der Waals surface area contributed by atoms with E-state index >= 15 is 0 Å². The molecule has 0 fully saturated rings. The minimum absolute atomic E-state index is 0.620. The monoisotopic (exact) mass is 245 g/mol. The van der Waals surface area contributed by atoms with Crippen molar-refractivity contribution in [2.45, 2.75) is 20.3 Å². The van der Waals surface area contributed by atoms with Crippen LogP contribution in [-0.4, -0.2) is 0 Å². The van der Waals surface area contributed by atoms with Crippen LogP contribution in [-0.2, 0) is 6.42 Å². The Morgan fingerprint density at radius 1 is 1.06 bits per heavy atom. The van der Waals surface area contributed by atoms with Gasteiger partial charge in [-0.25, -0.2) is 0 Å². The van der Waals surface area contributed by atoms with Crippen molar-refractivity contribution >= 4 is 17.3 Å². The molecule has 2 heteroatoms. The molecule has 0 spiro atoms. The van der Waals surface area contributed by atoms with E-state index < -0.39 is 0 Å². The van der Waals surface area contributed by atoms with Gasteiger partial charge in [-0.1, -0.05) is 41.4 Å². The lowest BCUT2D eigenvalue weighted by molar-refractivity contribution is 1.15. The Hall–Kier alpha value is -1.47. The second kappa shape index (κ2) is 4.80. The van der Waals surface area contributed by atoms with E-state index in [0.29, 0.717) is 10.7 Å². The zero-order valence-corrected chi connectivity index (χ0v) is 10.9. The summed E-state index contributed by atoms with van der Waals surface area (Å²) >= 11 is 5.92. The zero-order valence-electron chi connectivity index (χ0n) is 10.1. The maximum absolute atomic E-state index is 5.92. The number of nitrogen functional groups attached to an aromatic ring is 1. The van der Waals surface area contributed by atoms with E-state index in [2.05, 4.69) is 32.0 Å². The Bertz CT molecular complexity index is 547. The first-order valence-electron chi connectivity index (χ1n) is 5.66. The molecule has 0 radical (unpaired) electrons. The van der Waals surface area contributed by atoms with Gasteiger partial charge < -0.3 is 5.73 Å². The van der Waals surface area contributed by atoms with Gasteiger partial charge in [0.25, 0.3) is 0 Å². The number of anilines is 1. The minimum Gasteiger partial charge on any atom is -0.398 e. The van der Waals surface area contributed by atoms with Gasteiger partial charge in [-0.2, -0.15) is 0 Å². The molecular weight excluding hydrogens is 230 g/mol. The number of rotatable bonds is 2. The Morgan fingerprint density at radius 2 is 1.82 bits per heavy atom. The molecule has 2 rings (SSSR count). The van der Waals surface area contributed by atoms with Gasteiger partial charge in [0, 0.05) is 0 Å². The Kier molecular flexibility index (Phi) is 3.39. The Balaban J connectivity index is 2.31. The molecule has 0 bridgehead atoms. The largest absolute Gasteiger partial charge is 0.398 e. The zero-order chi connectivity index (χ0) is 12.4. The molecule has 2 aromatic rings. The first-order chi connectivity index (χ1) is 8.06. The normalized spacial score (nSPS) is 10.5. The van der Waals surface area contributed by atoms with E-state index in [1.165, 1.54) is 22.3 Å². The smallest absolute Gasteiger partial charge is 0.0635 e. The summed E-state index contributed by atoms with van der Waals surface area (Å²) < 4.78 is 0. The highest BCUT2D eigenvalue weighted by Crippen LogP contribution is 2.22. The molecule has 1 nitrogen and oxygen atoms in total. The second-order valence-corrected chi connectivity index (χ2v) is 4.87. The molecular formula is C15H16ClN. The summed E-state index contributed by atoms with van der Waals surface area (Å²) in [5, 5.41) is 0.620. The molecule has 0 saturated heterocycles. The van der Waals surface area contributed by atoms with Crippen molar-refractivity contribution in [2.24, 2.45) is 0 Å². The third kappa shape index (κ3) is 2.80. The van der Waals surface area contributed by atoms with Gasteiger partial charge in [0.05, 0.1) is 10.7 Å². The number of hydrogen-bond donors (Lipinski definition) is 1. The topological polar surface area (TPSA) is 26.0 Å². The number of aryl methyl sites for hydroxylation is 2. The maximum atomic E-state index is 5.92. The molecule has 0 atom stereocenters. The summed E-state index contributed by atoms with van der Waals surface area (Å²) in [5.41, 5.74) is 11.6. The van der Waals surface area contributed by atoms with Gasteiger partial charge in [0.1, 0.15) is 0 Å². The van der Waals surface area contributed by atoms with Crippen LogP contribution in [0.2, 0.25) is 5.02 Å². The van der Waals surface area contributed by atoms with E-state index in [1.54, 1.807) is 0 Å².